The molecule has 0 bridgehead atoms. The number of primary amides is 1. The quantitative estimate of drug-likeness (QED) is 0.461. The smallest absolute Gasteiger partial charge is 0.332 e. The van der Waals surface area contributed by atoms with Crippen molar-refractivity contribution in [1.82, 2.24) is 5.43 Å². The van der Waals surface area contributed by atoms with Gasteiger partial charge in [0.05, 0.1) is 0 Å². The van der Waals surface area contributed by atoms with Gasteiger partial charge in [0.2, 0.25) is 0 Å². The number of hydrogen-bond acceptors (Lipinski definition) is 3. The summed E-state index contributed by atoms with van der Waals surface area (Å²) in [5.41, 5.74) is 9.31. The number of hydrogen-bond donors (Lipinski definition) is 3. The third-order valence-electron chi connectivity index (χ3n) is 2.57. The summed E-state index contributed by atoms with van der Waals surface area (Å²) >= 11 is 5.36. The van der Waals surface area contributed by atoms with Crippen molar-refractivity contribution in [1.29, 1.82) is 0 Å². The number of nitrogens with zero attached hydrogens (tertiary/aromatic N) is 1. The zero-order valence-electron chi connectivity index (χ0n) is 11.1. The summed E-state index contributed by atoms with van der Waals surface area (Å²) in [6, 6.07) is 18.0. The van der Waals surface area contributed by atoms with Crippen molar-refractivity contribution in [2.75, 3.05) is 5.32 Å². The number of benzene rings is 2. The molecule has 0 aliphatic rings. The number of rotatable bonds is 4. The van der Waals surface area contributed by atoms with Crippen LogP contribution in [-0.4, -0.2) is 16.7 Å². The number of hydrazone groups is 1. The maximum absolute atomic E-state index is 10.9. The zero-order chi connectivity index (χ0) is 15.1. The fourth-order valence-corrected chi connectivity index (χ4v) is 1.95. The summed E-state index contributed by atoms with van der Waals surface area (Å²) in [4.78, 5) is 11.2. The van der Waals surface area contributed by atoms with Gasteiger partial charge in [0.1, 0.15) is 10.7 Å². The number of para-hydroxylation sites is 1. The van der Waals surface area contributed by atoms with Crippen molar-refractivity contribution < 1.29 is 4.79 Å². The van der Waals surface area contributed by atoms with Gasteiger partial charge >= 0.3 is 6.03 Å². The lowest BCUT2D eigenvalue weighted by molar-refractivity contribution is 0.249. The second kappa shape index (κ2) is 7.16. The normalized spacial score (nSPS) is 10.8. The van der Waals surface area contributed by atoms with Gasteiger partial charge in [-0.1, -0.05) is 60.7 Å². The standard InChI is InChI=1S/C15H14N4OS/c16-15(20)19-18-13(11-7-3-1-4-8-11)14(21)17-12-9-5-2-6-10-12/h1-10H,(H,17,21)(H3,16,19,20). The summed E-state index contributed by atoms with van der Waals surface area (Å²) in [5.74, 6) is 0. The number of nitrogens with one attached hydrogen (secondary N) is 2. The number of urea groups is 1. The lowest BCUT2D eigenvalue weighted by atomic mass is 10.1. The monoisotopic (exact) mass is 298 g/mol. The van der Waals surface area contributed by atoms with Crippen molar-refractivity contribution in [3.63, 3.8) is 0 Å². The van der Waals surface area contributed by atoms with Gasteiger partial charge in [-0.05, 0) is 12.1 Å². The summed E-state index contributed by atoms with van der Waals surface area (Å²) in [5, 5.41) is 7.05. The molecule has 0 aliphatic carbocycles. The van der Waals surface area contributed by atoms with Crippen LogP contribution in [0.4, 0.5) is 10.5 Å². The van der Waals surface area contributed by atoms with E-state index in [0.717, 1.165) is 11.3 Å². The molecule has 0 unspecified atom stereocenters. The molecule has 2 aromatic carbocycles. The van der Waals surface area contributed by atoms with Crippen LogP contribution in [-0.2, 0) is 0 Å². The van der Waals surface area contributed by atoms with E-state index in [1.54, 1.807) is 0 Å². The summed E-state index contributed by atoms with van der Waals surface area (Å²) in [6.07, 6.45) is 0. The van der Waals surface area contributed by atoms with Crippen molar-refractivity contribution >= 4 is 34.6 Å². The Hall–Kier alpha value is -2.73. The lowest BCUT2D eigenvalue weighted by Gasteiger charge is -2.11. The van der Waals surface area contributed by atoms with Gasteiger partial charge in [0, 0.05) is 11.3 Å². The van der Waals surface area contributed by atoms with Crippen LogP contribution in [0.2, 0.25) is 0 Å². The molecule has 0 heterocycles. The number of carbonyl (C=O) groups excluding carboxylic acids is 1. The number of carbonyl (C=O) groups is 1. The largest absolute Gasteiger partial charge is 0.350 e. The molecule has 2 amide bonds. The van der Waals surface area contributed by atoms with Crippen molar-refractivity contribution in [2.45, 2.75) is 0 Å². The summed E-state index contributed by atoms with van der Waals surface area (Å²) in [7, 11) is 0. The van der Waals surface area contributed by atoms with E-state index in [2.05, 4.69) is 15.8 Å². The topological polar surface area (TPSA) is 79.5 Å². The average molecular weight is 298 g/mol. The van der Waals surface area contributed by atoms with Crippen LogP contribution in [0.1, 0.15) is 5.56 Å². The maximum Gasteiger partial charge on any atom is 0.332 e. The van der Waals surface area contributed by atoms with Crippen LogP contribution < -0.4 is 16.5 Å². The first-order valence-electron chi connectivity index (χ1n) is 6.22. The zero-order valence-corrected chi connectivity index (χ0v) is 11.9. The van der Waals surface area contributed by atoms with Crippen LogP contribution in [0.3, 0.4) is 0 Å². The number of nitrogens with two attached hydrogens (primary N) is 1. The Morgan fingerprint density at radius 3 is 2.14 bits per heavy atom. The van der Waals surface area contributed by atoms with E-state index in [-0.39, 0.29) is 0 Å². The SMILES string of the molecule is NC(=O)NN=C(C(=S)Nc1ccccc1)c1ccccc1. The minimum absolute atomic E-state index is 0.390. The third kappa shape index (κ3) is 4.39. The molecule has 0 fully saturated rings. The van der Waals surface area contributed by atoms with E-state index < -0.39 is 6.03 Å². The molecule has 4 N–H and O–H groups in total. The summed E-state index contributed by atoms with van der Waals surface area (Å²) in [6.45, 7) is 0. The van der Waals surface area contributed by atoms with E-state index in [9.17, 15) is 4.79 Å². The molecular weight excluding hydrogens is 284 g/mol. The van der Waals surface area contributed by atoms with Crippen LogP contribution in [0.5, 0.6) is 0 Å². The Morgan fingerprint density at radius 1 is 1.00 bits per heavy atom. The molecule has 0 saturated heterocycles. The van der Waals surface area contributed by atoms with Crippen LogP contribution in [0, 0.1) is 0 Å². The van der Waals surface area contributed by atoms with Gasteiger partial charge in [0.15, 0.2) is 0 Å². The van der Waals surface area contributed by atoms with Crippen molar-refractivity contribution in [3.05, 3.63) is 66.2 Å². The molecule has 5 nitrogen and oxygen atoms in total. The fraction of sp³-hybridized carbons (Fsp3) is 0. The highest BCUT2D eigenvalue weighted by molar-refractivity contribution is 7.82. The van der Waals surface area contributed by atoms with Gasteiger partial charge in [-0.2, -0.15) is 5.10 Å². The minimum Gasteiger partial charge on any atom is -0.350 e. The Bertz CT molecular complexity index is 656. The molecule has 21 heavy (non-hydrogen) atoms. The Kier molecular flexibility index (Phi) is 5.00. The predicted octanol–water partition coefficient (Wildman–Crippen LogP) is 2.50. The van der Waals surface area contributed by atoms with Gasteiger partial charge in [-0.25, -0.2) is 10.2 Å². The third-order valence-corrected chi connectivity index (χ3v) is 2.87. The highest BCUT2D eigenvalue weighted by atomic mass is 32.1. The molecule has 106 valence electrons. The fourth-order valence-electron chi connectivity index (χ4n) is 1.67. The van der Waals surface area contributed by atoms with E-state index in [1.165, 1.54) is 0 Å². The predicted molar refractivity (Wildman–Crippen MR) is 88.4 cm³/mol. The molecule has 0 spiro atoms. The first kappa shape index (κ1) is 14.7. The van der Waals surface area contributed by atoms with Gasteiger partial charge < -0.3 is 11.1 Å². The van der Waals surface area contributed by atoms with Gasteiger partial charge in [-0.3, -0.25) is 0 Å². The van der Waals surface area contributed by atoms with Crippen LogP contribution in [0.15, 0.2) is 65.8 Å². The first-order chi connectivity index (χ1) is 10.2. The molecular formula is C15H14N4OS. The molecule has 0 saturated carbocycles. The number of anilines is 1. The highest BCUT2D eigenvalue weighted by Crippen LogP contribution is 2.09. The van der Waals surface area contributed by atoms with Crippen LogP contribution >= 0.6 is 12.2 Å². The van der Waals surface area contributed by atoms with E-state index in [4.69, 9.17) is 18.0 Å². The van der Waals surface area contributed by atoms with Crippen LogP contribution in [0.25, 0.3) is 0 Å². The van der Waals surface area contributed by atoms with E-state index in [1.807, 2.05) is 60.7 Å². The molecule has 6 heteroatoms. The number of thiocarbonyl (C=S) groups is 1. The molecule has 0 aliphatic heterocycles. The highest BCUT2D eigenvalue weighted by Gasteiger charge is 2.10. The second-order valence-corrected chi connectivity index (χ2v) is 4.53. The van der Waals surface area contributed by atoms with Gasteiger partial charge in [0.25, 0.3) is 0 Å². The minimum atomic E-state index is -0.744. The molecule has 2 aromatic rings. The second-order valence-electron chi connectivity index (χ2n) is 4.12. The Morgan fingerprint density at radius 2 is 1.57 bits per heavy atom. The number of amides is 2. The molecule has 0 radical (unpaired) electrons. The van der Waals surface area contributed by atoms with E-state index in [0.29, 0.717) is 10.7 Å². The first-order valence-corrected chi connectivity index (χ1v) is 6.62. The van der Waals surface area contributed by atoms with Gasteiger partial charge in [-0.15, -0.1) is 0 Å². The van der Waals surface area contributed by atoms with E-state index >= 15 is 0 Å². The summed E-state index contributed by atoms with van der Waals surface area (Å²) < 4.78 is 0. The van der Waals surface area contributed by atoms with Crippen molar-refractivity contribution in [3.8, 4) is 0 Å². The molecule has 0 aromatic heterocycles. The van der Waals surface area contributed by atoms with Crippen molar-refractivity contribution in [2.24, 2.45) is 10.8 Å². The Balaban J connectivity index is 2.25. The molecule has 2 rings (SSSR count). The Labute approximate surface area is 127 Å². The lowest BCUT2D eigenvalue weighted by Crippen LogP contribution is -2.30. The maximum atomic E-state index is 10.9. The average Bonchev–Trinajstić information content (AvgIpc) is 2.49. The molecule has 0 atom stereocenters.